The van der Waals surface area contributed by atoms with Gasteiger partial charge in [0.25, 0.3) is 0 Å². The predicted molar refractivity (Wildman–Crippen MR) is 65.2 cm³/mol. The molecule has 6 nitrogen and oxygen atoms in total. The van der Waals surface area contributed by atoms with Crippen LogP contribution in [0.15, 0.2) is 12.1 Å². The fraction of sp³-hybridized carbons (Fsp3) is 0.500. The number of nitrogens with two attached hydrogens (primary N) is 1. The van der Waals surface area contributed by atoms with Gasteiger partial charge < -0.3 is 20.5 Å². The van der Waals surface area contributed by atoms with E-state index in [-0.39, 0.29) is 6.61 Å². The number of aliphatic hydroxyl groups excluding tert-OH is 1. The Kier molecular flexibility index (Phi) is 5.54. The summed E-state index contributed by atoms with van der Waals surface area (Å²) in [5.41, 5.74) is 6.58. The van der Waals surface area contributed by atoms with E-state index in [1.54, 1.807) is 16.7 Å². The molecule has 1 heterocycles. The highest BCUT2D eigenvalue weighted by Crippen LogP contribution is 2.10. The molecule has 0 spiro atoms. The third kappa shape index (κ3) is 3.68. The molecule has 0 radical (unpaired) electrons. The summed E-state index contributed by atoms with van der Waals surface area (Å²) < 4.78 is 1.74. The fourth-order valence-corrected chi connectivity index (χ4v) is 1.80. The van der Waals surface area contributed by atoms with Crippen LogP contribution in [0.1, 0.15) is 35.4 Å². The van der Waals surface area contributed by atoms with Gasteiger partial charge in [-0.05, 0) is 31.4 Å². The predicted octanol–water partition coefficient (Wildman–Crippen LogP) is 0.375. The molecule has 0 aromatic carbocycles. The number of carboxylic acids is 1. The molecule has 1 rings (SSSR count). The van der Waals surface area contributed by atoms with E-state index in [0.29, 0.717) is 37.2 Å². The fourth-order valence-electron chi connectivity index (χ4n) is 1.80. The van der Waals surface area contributed by atoms with Gasteiger partial charge in [-0.15, -0.1) is 0 Å². The van der Waals surface area contributed by atoms with Gasteiger partial charge in [-0.2, -0.15) is 0 Å². The highest BCUT2D eigenvalue weighted by atomic mass is 16.4. The number of aromatic nitrogens is 1. The number of hydrogen-bond acceptors (Lipinski definition) is 4. The summed E-state index contributed by atoms with van der Waals surface area (Å²) >= 11 is 0. The van der Waals surface area contributed by atoms with Crippen LogP contribution in [0, 0.1) is 0 Å². The van der Waals surface area contributed by atoms with Crippen LogP contribution in [0.5, 0.6) is 0 Å². The number of carboxylic acid groups (broad SMARTS) is 1. The molecule has 0 aliphatic rings. The first kappa shape index (κ1) is 14.4. The number of carbonyl (C=O) groups is 2. The Morgan fingerprint density at radius 2 is 2.17 bits per heavy atom. The first-order valence-corrected chi connectivity index (χ1v) is 5.83. The second kappa shape index (κ2) is 6.93. The minimum Gasteiger partial charge on any atom is -0.480 e. The molecule has 6 heteroatoms. The van der Waals surface area contributed by atoms with Crippen LogP contribution in [-0.4, -0.2) is 33.1 Å². The SMILES string of the molecule is N[C@H](CCCCn1c(C=O)ccc1CO)C(=O)O. The molecule has 0 fully saturated rings. The van der Waals surface area contributed by atoms with Gasteiger partial charge in [-0.3, -0.25) is 9.59 Å². The van der Waals surface area contributed by atoms with Gasteiger partial charge in [0.15, 0.2) is 6.29 Å². The van der Waals surface area contributed by atoms with Crippen molar-refractivity contribution in [2.24, 2.45) is 5.73 Å². The zero-order valence-electron chi connectivity index (χ0n) is 10.1. The number of carbonyl (C=O) groups excluding carboxylic acids is 1. The van der Waals surface area contributed by atoms with Crippen LogP contribution < -0.4 is 5.73 Å². The molecule has 0 amide bonds. The molecule has 1 aromatic heterocycles. The van der Waals surface area contributed by atoms with Crippen LogP contribution in [0.25, 0.3) is 0 Å². The first-order chi connectivity index (χ1) is 8.60. The number of aliphatic hydroxyl groups is 1. The molecule has 0 saturated heterocycles. The van der Waals surface area contributed by atoms with Crippen LogP contribution in [0.4, 0.5) is 0 Å². The summed E-state index contributed by atoms with van der Waals surface area (Å²) in [5, 5.41) is 17.7. The Hall–Kier alpha value is -1.66. The molecule has 4 N–H and O–H groups in total. The van der Waals surface area contributed by atoms with E-state index in [4.69, 9.17) is 15.9 Å². The van der Waals surface area contributed by atoms with Crippen molar-refractivity contribution in [1.29, 1.82) is 0 Å². The van der Waals surface area contributed by atoms with Crippen molar-refractivity contribution < 1.29 is 19.8 Å². The van der Waals surface area contributed by atoms with Crippen molar-refractivity contribution in [3.63, 3.8) is 0 Å². The third-order valence-electron chi connectivity index (χ3n) is 2.85. The largest absolute Gasteiger partial charge is 0.480 e. The second-order valence-corrected chi connectivity index (χ2v) is 4.12. The van der Waals surface area contributed by atoms with Gasteiger partial charge in [0.2, 0.25) is 0 Å². The lowest BCUT2D eigenvalue weighted by molar-refractivity contribution is -0.138. The maximum atomic E-state index is 10.8. The second-order valence-electron chi connectivity index (χ2n) is 4.12. The quantitative estimate of drug-likeness (QED) is 0.459. The van der Waals surface area contributed by atoms with E-state index in [0.717, 1.165) is 6.29 Å². The summed E-state index contributed by atoms with van der Waals surface area (Å²) in [6, 6.07) is 2.52. The van der Waals surface area contributed by atoms with Crippen molar-refractivity contribution in [2.45, 2.75) is 38.5 Å². The smallest absolute Gasteiger partial charge is 0.320 e. The molecule has 100 valence electrons. The van der Waals surface area contributed by atoms with Gasteiger partial charge in [0.05, 0.1) is 12.3 Å². The zero-order valence-corrected chi connectivity index (χ0v) is 10.1. The monoisotopic (exact) mass is 254 g/mol. The molecule has 18 heavy (non-hydrogen) atoms. The van der Waals surface area contributed by atoms with E-state index in [1.807, 2.05) is 0 Å². The normalized spacial score (nSPS) is 12.3. The van der Waals surface area contributed by atoms with Gasteiger partial charge in [0, 0.05) is 12.2 Å². The van der Waals surface area contributed by atoms with Crippen molar-refractivity contribution >= 4 is 12.3 Å². The molecule has 1 aromatic rings. The molecule has 0 aliphatic heterocycles. The Morgan fingerprint density at radius 1 is 1.44 bits per heavy atom. The van der Waals surface area contributed by atoms with Crippen LogP contribution in [-0.2, 0) is 17.9 Å². The van der Waals surface area contributed by atoms with E-state index in [2.05, 4.69) is 0 Å². The average molecular weight is 254 g/mol. The molecule has 0 saturated carbocycles. The Bertz CT molecular complexity index is 414. The molecule has 0 bridgehead atoms. The maximum Gasteiger partial charge on any atom is 0.320 e. The van der Waals surface area contributed by atoms with Crippen LogP contribution in [0.2, 0.25) is 0 Å². The zero-order chi connectivity index (χ0) is 13.5. The summed E-state index contributed by atoms with van der Waals surface area (Å²) in [6.45, 7) is 0.450. The van der Waals surface area contributed by atoms with Crippen molar-refractivity contribution in [3.8, 4) is 0 Å². The number of aliphatic carboxylic acids is 1. The maximum absolute atomic E-state index is 10.8. The summed E-state index contributed by atoms with van der Waals surface area (Å²) in [4.78, 5) is 21.3. The minimum atomic E-state index is -0.999. The average Bonchev–Trinajstić information content (AvgIpc) is 2.76. The highest BCUT2D eigenvalue weighted by molar-refractivity contribution is 5.73. The van der Waals surface area contributed by atoms with E-state index >= 15 is 0 Å². The van der Waals surface area contributed by atoms with Crippen LogP contribution in [0.3, 0.4) is 0 Å². The van der Waals surface area contributed by atoms with Gasteiger partial charge >= 0.3 is 5.97 Å². The van der Waals surface area contributed by atoms with Crippen LogP contribution >= 0.6 is 0 Å². The number of rotatable bonds is 8. The summed E-state index contributed by atoms with van der Waals surface area (Å²) in [7, 11) is 0. The van der Waals surface area contributed by atoms with Gasteiger partial charge in [-0.25, -0.2) is 0 Å². The minimum absolute atomic E-state index is 0.123. The standard InChI is InChI=1S/C12H18N2O4/c13-11(12(17)18)3-1-2-6-14-9(7-15)4-5-10(14)8-16/h4-5,7,11,16H,1-3,6,8,13H2,(H,17,18)/t11-/m1/s1. The number of unbranched alkanes of at least 4 members (excludes halogenated alkanes) is 1. The molecular weight excluding hydrogens is 236 g/mol. The first-order valence-electron chi connectivity index (χ1n) is 5.83. The van der Waals surface area contributed by atoms with Gasteiger partial charge in [0.1, 0.15) is 6.04 Å². The van der Waals surface area contributed by atoms with Crippen molar-refractivity contribution in [1.82, 2.24) is 4.57 Å². The molecule has 0 aliphatic carbocycles. The number of aldehydes is 1. The Balaban J connectivity index is 2.46. The number of nitrogens with zero attached hydrogens (tertiary/aromatic N) is 1. The van der Waals surface area contributed by atoms with Crippen molar-refractivity contribution in [3.05, 3.63) is 23.5 Å². The topological polar surface area (TPSA) is 106 Å². The van der Waals surface area contributed by atoms with E-state index < -0.39 is 12.0 Å². The molecule has 1 atom stereocenters. The van der Waals surface area contributed by atoms with E-state index in [9.17, 15) is 9.59 Å². The molecular formula is C12H18N2O4. The highest BCUT2D eigenvalue weighted by Gasteiger charge is 2.11. The lowest BCUT2D eigenvalue weighted by Gasteiger charge is -2.10. The summed E-state index contributed by atoms with van der Waals surface area (Å²) in [6.07, 6.45) is 2.52. The number of hydrogen-bond donors (Lipinski definition) is 3. The Labute approximate surface area is 105 Å². The van der Waals surface area contributed by atoms with E-state index in [1.165, 1.54) is 0 Å². The lowest BCUT2D eigenvalue weighted by Crippen LogP contribution is -2.29. The third-order valence-corrected chi connectivity index (χ3v) is 2.85. The lowest BCUT2D eigenvalue weighted by atomic mass is 10.1. The molecule has 0 unspecified atom stereocenters. The Morgan fingerprint density at radius 3 is 2.72 bits per heavy atom. The summed E-state index contributed by atoms with van der Waals surface area (Å²) in [5.74, 6) is -0.999. The van der Waals surface area contributed by atoms with Gasteiger partial charge in [-0.1, -0.05) is 0 Å². The van der Waals surface area contributed by atoms with Crippen molar-refractivity contribution in [2.75, 3.05) is 0 Å².